The number of benzene rings is 1. The number of nitrogens with one attached hydrogen (secondary N) is 2. The molecule has 0 atom stereocenters. The first-order valence-electron chi connectivity index (χ1n) is 8.36. The zero-order valence-corrected chi connectivity index (χ0v) is 16.1. The molecule has 0 unspecified atom stereocenters. The van der Waals surface area contributed by atoms with E-state index < -0.39 is 0 Å². The summed E-state index contributed by atoms with van der Waals surface area (Å²) in [6.07, 6.45) is 1.39. The van der Waals surface area contributed by atoms with Gasteiger partial charge in [-0.1, -0.05) is 15.9 Å². The number of amides is 1. The highest BCUT2D eigenvalue weighted by molar-refractivity contribution is 9.10. The largest absolute Gasteiger partial charge is 0.450 e. The molecule has 1 aromatic carbocycles. The molecule has 2 rings (SSSR count). The third kappa shape index (κ3) is 5.88. The first-order valence-corrected chi connectivity index (χ1v) is 9.15. The van der Waals surface area contributed by atoms with Crippen molar-refractivity contribution in [3.8, 4) is 0 Å². The number of ether oxygens (including phenoxy) is 1. The highest BCUT2D eigenvalue weighted by Gasteiger charge is 2.24. The summed E-state index contributed by atoms with van der Waals surface area (Å²) in [7, 11) is 1.70. The summed E-state index contributed by atoms with van der Waals surface area (Å²) in [6.45, 7) is 3.97. The van der Waals surface area contributed by atoms with Gasteiger partial charge in [0.15, 0.2) is 5.96 Å². The lowest BCUT2D eigenvalue weighted by Gasteiger charge is -2.32. The van der Waals surface area contributed by atoms with Gasteiger partial charge in [0, 0.05) is 37.2 Å². The predicted molar refractivity (Wildman–Crippen MR) is 99.1 cm³/mol. The van der Waals surface area contributed by atoms with Crippen molar-refractivity contribution in [2.45, 2.75) is 32.4 Å². The number of nitrogens with zero attached hydrogens (tertiary/aromatic N) is 2. The molecule has 0 bridgehead atoms. The van der Waals surface area contributed by atoms with Crippen molar-refractivity contribution < 1.29 is 13.9 Å². The maximum atomic E-state index is 13.3. The minimum atomic E-state index is -0.269. The molecule has 0 radical (unpaired) electrons. The molecule has 1 amide bonds. The number of aliphatic imine (C=N–C) groups is 1. The molecule has 1 aromatic rings. The smallest absolute Gasteiger partial charge is 0.409 e. The van der Waals surface area contributed by atoms with Crippen LogP contribution in [0.1, 0.15) is 25.3 Å². The lowest BCUT2D eigenvalue weighted by Crippen LogP contribution is -2.49. The van der Waals surface area contributed by atoms with Crippen molar-refractivity contribution in [2.75, 3.05) is 26.7 Å². The molecule has 0 saturated carbocycles. The van der Waals surface area contributed by atoms with Gasteiger partial charge in [-0.3, -0.25) is 4.99 Å². The van der Waals surface area contributed by atoms with Crippen LogP contribution in [-0.4, -0.2) is 49.7 Å². The summed E-state index contributed by atoms with van der Waals surface area (Å²) in [6, 6.07) is 4.82. The van der Waals surface area contributed by atoms with Gasteiger partial charge in [0.2, 0.25) is 0 Å². The zero-order valence-electron chi connectivity index (χ0n) is 14.5. The fraction of sp³-hybridized carbons (Fsp3) is 0.529. The van der Waals surface area contributed by atoms with E-state index in [2.05, 4.69) is 31.6 Å². The van der Waals surface area contributed by atoms with E-state index in [4.69, 9.17) is 4.74 Å². The van der Waals surface area contributed by atoms with E-state index in [1.165, 1.54) is 12.1 Å². The van der Waals surface area contributed by atoms with Crippen molar-refractivity contribution in [2.24, 2.45) is 4.99 Å². The molecule has 1 fully saturated rings. The van der Waals surface area contributed by atoms with Gasteiger partial charge in [0.1, 0.15) is 5.82 Å². The number of halogens is 2. The van der Waals surface area contributed by atoms with Gasteiger partial charge in [-0.2, -0.15) is 0 Å². The zero-order chi connectivity index (χ0) is 18.2. The fourth-order valence-electron chi connectivity index (χ4n) is 2.67. The molecule has 6 nitrogen and oxygen atoms in total. The highest BCUT2D eigenvalue weighted by Crippen LogP contribution is 2.17. The van der Waals surface area contributed by atoms with Crippen molar-refractivity contribution in [3.63, 3.8) is 0 Å². The first kappa shape index (κ1) is 19.5. The molecule has 0 aromatic heterocycles. The summed E-state index contributed by atoms with van der Waals surface area (Å²) in [4.78, 5) is 17.7. The average Bonchev–Trinajstić information content (AvgIpc) is 2.62. The Morgan fingerprint density at radius 1 is 1.44 bits per heavy atom. The molecule has 0 aliphatic carbocycles. The number of hydrogen-bond donors (Lipinski definition) is 2. The van der Waals surface area contributed by atoms with Crippen LogP contribution in [0, 0.1) is 5.82 Å². The van der Waals surface area contributed by atoms with E-state index in [1.807, 2.05) is 0 Å². The van der Waals surface area contributed by atoms with Crippen LogP contribution < -0.4 is 10.6 Å². The third-order valence-electron chi connectivity index (χ3n) is 4.04. The van der Waals surface area contributed by atoms with Crippen LogP contribution >= 0.6 is 15.9 Å². The number of carbonyl (C=O) groups is 1. The Balaban J connectivity index is 1.81. The van der Waals surface area contributed by atoms with Gasteiger partial charge < -0.3 is 20.3 Å². The van der Waals surface area contributed by atoms with Crippen LogP contribution in [0.5, 0.6) is 0 Å². The maximum Gasteiger partial charge on any atom is 0.409 e. The summed E-state index contributed by atoms with van der Waals surface area (Å²) in [5.74, 6) is 0.389. The Morgan fingerprint density at radius 3 is 2.80 bits per heavy atom. The minimum absolute atomic E-state index is 0.229. The standard InChI is InChI=1S/C17H24BrFN4O2/c1-3-25-17(24)23-8-6-14(7-9-23)22-16(20-2)21-11-12-10-13(19)4-5-15(12)18/h4-5,10,14H,3,6-9,11H2,1-2H3,(H2,20,21,22). The van der Waals surface area contributed by atoms with Crippen LogP contribution in [0.2, 0.25) is 0 Å². The van der Waals surface area contributed by atoms with Crippen molar-refractivity contribution in [3.05, 3.63) is 34.1 Å². The van der Waals surface area contributed by atoms with Crippen molar-refractivity contribution in [1.82, 2.24) is 15.5 Å². The lowest BCUT2D eigenvalue weighted by atomic mass is 10.1. The Kier molecular flexibility index (Phi) is 7.49. The molecule has 25 heavy (non-hydrogen) atoms. The normalized spacial score (nSPS) is 15.8. The second-order valence-electron chi connectivity index (χ2n) is 5.77. The van der Waals surface area contributed by atoms with Crippen LogP contribution in [0.25, 0.3) is 0 Å². The molecule has 1 heterocycles. The van der Waals surface area contributed by atoms with Gasteiger partial charge in [-0.25, -0.2) is 9.18 Å². The Bertz CT molecular complexity index is 619. The van der Waals surface area contributed by atoms with Gasteiger partial charge >= 0.3 is 6.09 Å². The van der Waals surface area contributed by atoms with Crippen LogP contribution in [0.4, 0.5) is 9.18 Å². The fourth-order valence-corrected chi connectivity index (χ4v) is 3.05. The van der Waals surface area contributed by atoms with E-state index in [0.717, 1.165) is 22.9 Å². The molecular weight excluding hydrogens is 391 g/mol. The van der Waals surface area contributed by atoms with Crippen molar-refractivity contribution in [1.29, 1.82) is 0 Å². The van der Waals surface area contributed by atoms with E-state index in [1.54, 1.807) is 24.9 Å². The summed E-state index contributed by atoms with van der Waals surface area (Å²) >= 11 is 3.42. The SMILES string of the molecule is CCOC(=O)N1CCC(NC(=NC)NCc2cc(F)ccc2Br)CC1. The summed E-state index contributed by atoms with van der Waals surface area (Å²) < 4.78 is 19.2. The minimum Gasteiger partial charge on any atom is -0.450 e. The first-order chi connectivity index (χ1) is 12.0. The number of likely N-dealkylation sites (tertiary alicyclic amines) is 1. The topological polar surface area (TPSA) is 66.0 Å². The monoisotopic (exact) mass is 414 g/mol. The molecule has 1 saturated heterocycles. The molecule has 1 aliphatic heterocycles. The number of hydrogen-bond acceptors (Lipinski definition) is 3. The Hall–Kier alpha value is -1.83. The number of guanidine groups is 1. The molecule has 138 valence electrons. The summed E-state index contributed by atoms with van der Waals surface area (Å²) in [5, 5.41) is 6.54. The maximum absolute atomic E-state index is 13.3. The van der Waals surface area contributed by atoms with Crippen LogP contribution in [0.15, 0.2) is 27.7 Å². The van der Waals surface area contributed by atoms with Gasteiger partial charge in [-0.15, -0.1) is 0 Å². The highest BCUT2D eigenvalue weighted by atomic mass is 79.9. The van der Waals surface area contributed by atoms with E-state index >= 15 is 0 Å². The van der Waals surface area contributed by atoms with Gasteiger partial charge in [0.25, 0.3) is 0 Å². The molecule has 2 N–H and O–H groups in total. The van der Waals surface area contributed by atoms with E-state index in [-0.39, 0.29) is 18.0 Å². The van der Waals surface area contributed by atoms with Gasteiger partial charge in [-0.05, 0) is 43.5 Å². The second kappa shape index (κ2) is 9.60. The predicted octanol–water partition coefficient (Wildman–Crippen LogP) is 2.87. The van der Waals surface area contributed by atoms with E-state index in [0.29, 0.717) is 32.2 Å². The van der Waals surface area contributed by atoms with E-state index in [9.17, 15) is 9.18 Å². The van der Waals surface area contributed by atoms with Crippen LogP contribution in [0.3, 0.4) is 0 Å². The van der Waals surface area contributed by atoms with Gasteiger partial charge in [0.05, 0.1) is 6.61 Å². The second-order valence-corrected chi connectivity index (χ2v) is 6.62. The molecule has 1 aliphatic rings. The number of piperidine rings is 1. The van der Waals surface area contributed by atoms with Crippen LogP contribution in [-0.2, 0) is 11.3 Å². The lowest BCUT2D eigenvalue weighted by molar-refractivity contribution is 0.0963. The molecular formula is C17H24BrFN4O2. The third-order valence-corrected chi connectivity index (χ3v) is 4.81. The number of carbonyl (C=O) groups excluding carboxylic acids is 1. The number of rotatable bonds is 4. The summed E-state index contributed by atoms with van der Waals surface area (Å²) in [5.41, 5.74) is 0.820. The average molecular weight is 415 g/mol. The molecule has 8 heteroatoms. The Labute approximate surface area is 156 Å². The quantitative estimate of drug-likeness (QED) is 0.587. The van der Waals surface area contributed by atoms with Crippen molar-refractivity contribution >= 4 is 28.0 Å². The Morgan fingerprint density at radius 2 is 2.16 bits per heavy atom. The molecule has 0 spiro atoms.